The number of pyridine rings is 1. The Balaban J connectivity index is 1.06. The van der Waals surface area contributed by atoms with Crippen molar-refractivity contribution in [1.82, 2.24) is 34.4 Å². The van der Waals surface area contributed by atoms with Crippen LogP contribution in [0, 0.1) is 0 Å². The van der Waals surface area contributed by atoms with Crippen LogP contribution in [0.5, 0.6) is 0 Å². The van der Waals surface area contributed by atoms with Gasteiger partial charge in [-0.1, -0.05) is 72.8 Å². The Morgan fingerprint density at radius 1 is 0.875 bits per heavy atom. The molecule has 4 aromatic heterocycles. The molecule has 1 saturated heterocycles. The van der Waals surface area contributed by atoms with Crippen LogP contribution >= 0.6 is 0 Å². The van der Waals surface area contributed by atoms with E-state index in [9.17, 15) is 4.79 Å². The van der Waals surface area contributed by atoms with Gasteiger partial charge in [0, 0.05) is 36.0 Å². The number of para-hydroxylation sites is 2. The second kappa shape index (κ2) is 12.8. The number of carbonyl (C=O) groups is 1. The molecule has 0 amide bonds. The molecule has 1 fully saturated rings. The third kappa shape index (κ3) is 5.62. The van der Waals surface area contributed by atoms with E-state index >= 15 is 0 Å². The predicted molar refractivity (Wildman–Crippen MR) is 186 cm³/mol. The zero-order valence-electron chi connectivity index (χ0n) is 26.7. The van der Waals surface area contributed by atoms with Gasteiger partial charge in [0.1, 0.15) is 11.5 Å². The summed E-state index contributed by atoms with van der Waals surface area (Å²) in [5.41, 5.74) is 8.57. The number of likely N-dealkylation sites (tertiary alicyclic amines) is 1. The van der Waals surface area contributed by atoms with E-state index in [0.29, 0.717) is 17.3 Å². The number of esters is 1. The minimum Gasteiger partial charge on any atom is -0.462 e. The van der Waals surface area contributed by atoms with Crippen LogP contribution in [-0.2, 0) is 11.3 Å². The number of aromatic nitrogens is 6. The quantitative estimate of drug-likeness (QED) is 0.172. The minimum absolute atomic E-state index is 0.289. The number of rotatable bonds is 8. The van der Waals surface area contributed by atoms with E-state index in [1.807, 2.05) is 85.9 Å². The Bertz CT molecular complexity index is 2200. The van der Waals surface area contributed by atoms with Gasteiger partial charge < -0.3 is 9.14 Å². The average molecular weight is 634 g/mol. The molecule has 0 saturated carbocycles. The van der Waals surface area contributed by atoms with Crippen molar-refractivity contribution in [3.8, 4) is 33.9 Å². The highest BCUT2D eigenvalue weighted by molar-refractivity contribution is 6.09. The van der Waals surface area contributed by atoms with Crippen molar-refractivity contribution >= 4 is 22.5 Å². The van der Waals surface area contributed by atoms with Crippen molar-refractivity contribution in [2.45, 2.75) is 32.2 Å². The second-order valence-corrected chi connectivity index (χ2v) is 12.2. The van der Waals surface area contributed by atoms with Crippen molar-refractivity contribution in [3.63, 3.8) is 0 Å². The summed E-state index contributed by atoms with van der Waals surface area (Å²) >= 11 is 0. The molecule has 0 radical (unpaired) electrons. The average Bonchev–Trinajstić information content (AvgIpc) is 3.80. The van der Waals surface area contributed by atoms with E-state index in [1.54, 1.807) is 6.20 Å². The third-order valence-corrected chi connectivity index (χ3v) is 9.17. The van der Waals surface area contributed by atoms with Crippen molar-refractivity contribution in [1.29, 1.82) is 0 Å². The number of nitrogens with one attached hydrogen (secondary N) is 1. The lowest BCUT2D eigenvalue weighted by atomic mass is 9.95. The smallest absolute Gasteiger partial charge is 0.341 e. The molecule has 1 N–H and O–H groups in total. The number of carbonyl (C=O) groups excluding carboxylic acids is 1. The molecule has 238 valence electrons. The number of hydrogen-bond donors (Lipinski definition) is 1. The van der Waals surface area contributed by atoms with Gasteiger partial charge in [0.15, 0.2) is 5.82 Å². The molecule has 8 rings (SSSR count). The summed E-state index contributed by atoms with van der Waals surface area (Å²) in [5.74, 6) is 1.59. The Kier molecular flexibility index (Phi) is 7.95. The van der Waals surface area contributed by atoms with Crippen LogP contribution in [0.1, 0.15) is 47.4 Å². The van der Waals surface area contributed by atoms with Gasteiger partial charge in [-0.2, -0.15) is 5.10 Å². The molecule has 5 heterocycles. The lowest BCUT2D eigenvalue weighted by molar-refractivity contribution is 0.0529. The molecule has 7 aromatic rings. The fraction of sp³-hybridized carbons (Fsp3) is 0.205. The molecule has 0 atom stereocenters. The molecular formula is C39H35N7O2. The monoisotopic (exact) mass is 633 g/mol. The molecule has 0 aliphatic carbocycles. The van der Waals surface area contributed by atoms with E-state index in [4.69, 9.17) is 14.7 Å². The van der Waals surface area contributed by atoms with Crippen molar-refractivity contribution in [3.05, 3.63) is 126 Å². The topological polar surface area (TPSA) is 101 Å². The molecule has 0 spiro atoms. The van der Waals surface area contributed by atoms with Crippen molar-refractivity contribution < 1.29 is 9.53 Å². The van der Waals surface area contributed by atoms with E-state index in [-0.39, 0.29) is 12.6 Å². The van der Waals surface area contributed by atoms with Crippen LogP contribution < -0.4 is 0 Å². The molecule has 9 heteroatoms. The van der Waals surface area contributed by atoms with E-state index in [1.165, 1.54) is 5.56 Å². The summed E-state index contributed by atoms with van der Waals surface area (Å²) in [5, 5.41) is 7.57. The summed E-state index contributed by atoms with van der Waals surface area (Å²) in [4.78, 5) is 30.4. The Morgan fingerprint density at radius 3 is 2.42 bits per heavy atom. The van der Waals surface area contributed by atoms with Gasteiger partial charge >= 0.3 is 5.97 Å². The first-order valence-corrected chi connectivity index (χ1v) is 16.5. The third-order valence-electron chi connectivity index (χ3n) is 9.17. The summed E-state index contributed by atoms with van der Waals surface area (Å²) in [6.07, 6.45) is 5.84. The summed E-state index contributed by atoms with van der Waals surface area (Å²) < 4.78 is 7.72. The zero-order valence-corrected chi connectivity index (χ0v) is 26.7. The van der Waals surface area contributed by atoms with Crippen LogP contribution in [0.4, 0.5) is 0 Å². The molecule has 3 aromatic carbocycles. The number of nitrogens with zero attached hydrogens (tertiary/aromatic N) is 6. The Hall–Kier alpha value is -5.67. The van der Waals surface area contributed by atoms with Crippen LogP contribution in [0.2, 0.25) is 0 Å². The minimum atomic E-state index is -0.351. The number of H-pyrrole nitrogens is 1. The van der Waals surface area contributed by atoms with E-state index in [0.717, 1.165) is 82.9 Å². The standard InChI is InChI=1S/C39H35N7O2/c1-2-48-39(47)34-30(27-10-4-3-5-11-27)25-46-33-14-7-6-12-31(33)41-35(36(34)46)28-17-15-26(16-18-28)24-45-22-19-29(20-23-45)37-42-38(44-43-37)32-13-8-9-21-40-32/h3-18,21,25,29H,2,19-20,22-24H2,1H3,(H,42,43,44). The fourth-order valence-electron chi connectivity index (χ4n) is 6.77. The van der Waals surface area contributed by atoms with Crippen LogP contribution in [0.25, 0.3) is 50.5 Å². The van der Waals surface area contributed by atoms with Gasteiger partial charge in [-0.25, -0.2) is 14.8 Å². The SMILES string of the molecule is CCOC(=O)c1c(-c2ccccc2)cn2c1c(-c1ccc(CN3CCC(c4nc(-c5ccccn5)n[nH]4)CC3)cc1)nc1ccccc12. The maximum Gasteiger partial charge on any atom is 0.341 e. The van der Waals surface area contributed by atoms with Gasteiger partial charge in [0.05, 0.1) is 34.4 Å². The number of piperidine rings is 1. The Morgan fingerprint density at radius 2 is 1.65 bits per heavy atom. The molecular weight excluding hydrogens is 598 g/mol. The fourth-order valence-corrected chi connectivity index (χ4v) is 6.77. The van der Waals surface area contributed by atoms with Gasteiger partial charge in [0.2, 0.25) is 0 Å². The number of ether oxygens (including phenoxy) is 1. The highest BCUT2D eigenvalue weighted by atomic mass is 16.5. The molecule has 9 nitrogen and oxygen atoms in total. The first-order chi connectivity index (χ1) is 23.7. The van der Waals surface area contributed by atoms with Crippen molar-refractivity contribution in [2.24, 2.45) is 0 Å². The Labute approximate surface area is 278 Å². The second-order valence-electron chi connectivity index (χ2n) is 12.2. The van der Waals surface area contributed by atoms with Gasteiger partial charge in [0.25, 0.3) is 0 Å². The molecule has 0 bridgehead atoms. The largest absolute Gasteiger partial charge is 0.462 e. The first-order valence-electron chi connectivity index (χ1n) is 16.5. The zero-order chi connectivity index (χ0) is 32.5. The summed E-state index contributed by atoms with van der Waals surface area (Å²) in [6.45, 7) is 4.95. The van der Waals surface area contributed by atoms with E-state index in [2.05, 4.69) is 48.7 Å². The number of aromatic amines is 1. The molecule has 1 aliphatic rings. The summed E-state index contributed by atoms with van der Waals surface area (Å²) in [6, 6.07) is 32.4. The maximum absolute atomic E-state index is 13.6. The van der Waals surface area contributed by atoms with Crippen molar-refractivity contribution in [2.75, 3.05) is 19.7 Å². The lowest BCUT2D eigenvalue weighted by Gasteiger charge is -2.30. The highest BCUT2D eigenvalue weighted by Crippen LogP contribution is 2.37. The van der Waals surface area contributed by atoms with Gasteiger partial charge in [-0.3, -0.25) is 15.0 Å². The van der Waals surface area contributed by atoms with Gasteiger partial charge in [-0.05, 0) is 68.2 Å². The molecule has 48 heavy (non-hydrogen) atoms. The van der Waals surface area contributed by atoms with Crippen LogP contribution in [0.3, 0.4) is 0 Å². The maximum atomic E-state index is 13.6. The number of benzene rings is 3. The lowest BCUT2D eigenvalue weighted by Crippen LogP contribution is -2.32. The number of hydrogen-bond acceptors (Lipinski definition) is 7. The predicted octanol–water partition coefficient (Wildman–Crippen LogP) is 7.56. The normalized spacial score (nSPS) is 14.1. The first kappa shape index (κ1) is 29.7. The number of fused-ring (bicyclic) bond motifs is 3. The molecule has 1 aliphatic heterocycles. The molecule has 0 unspecified atom stereocenters. The highest BCUT2D eigenvalue weighted by Gasteiger charge is 2.26. The van der Waals surface area contributed by atoms with Crippen LogP contribution in [-0.4, -0.2) is 60.1 Å². The summed E-state index contributed by atoms with van der Waals surface area (Å²) in [7, 11) is 0. The van der Waals surface area contributed by atoms with Gasteiger partial charge in [-0.15, -0.1) is 0 Å². The van der Waals surface area contributed by atoms with E-state index < -0.39 is 0 Å². The van der Waals surface area contributed by atoms with Crippen LogP contribution in [0.15, 0.2) is 109 Å².